The van der Waals surface area contributed by atoms with Gasteiger partial charge in [0.25, 0.3) is 0 Å². The van der Waals surface area contributed by atoms with Gasteiger partial charge in [-0.1, -0.05) is 27.5 Å². The molecule has 0 radical (unpaired) electrons. The van der Waals surface area contributed by atoms with Crippen LogP contribution >= 0.6 is 27.5 Å². The molecule has 0 fully saturated rings. The molecule has 0 amide bonds. The Labute approximate surface area is 130 Å². The Kier molecular flexibility index (Phi) is 4.83. The Bertz CT molecular complexity index is 630. The number of aliphatic hydroxyl groups excluding tert-OH is 1. The average Bonchev–Trinajstić information content (AvgIpc) is 2.69. The number of nitrogens with zero attached hydrogens (tertiary/aromatic N) is 2. The molecule has 20 heavy (non-hydrogen) atoms. The summed E-state index contributed by atoms with van der Waals surface area (Å²) in [6.07, 6.45) is -0.743. The molecule has 6 heteroatoms. The molecule has 0 saturated heterocycles. The van der Waals surface area contributed by atoms with E-state index in [0.717, 1.165) is 10.2 Å². The molecule has 0 spiro atoms. The van der Waals surface area contributed by atoms with Crippen molar-refractivity contribution in [1.29, 1.82) is 0 Å². The highest BCUT2D eigenvalue weighted by atomic mass is 79.9. The van der Waals surface area contributed by atoms with Gasteiger partial charge < -0.3 is 5.11 Å². The third-order valence-electron chi connectivity index (χ3n) is 3.16. The van der Waals surface area contributed by atoms with Crippen molar-refractivity contribution < 1.29 is 9.50 Å². The maximum absolute atomic E-state index is 13.8. The molecule has 2 aromatic rings. The molecule has 1 aromatic heterocycles. The van der Waals surface area contributed by atoms with Crippen LogP contribution in [0.25, 0.3) is 0 Å². The van der Waals surface area contributed by atoms with Crippen LogP contribution in [-0.4, -0.2) is 14.9 Å². The number of aryl methyl sites for hydroxylation is 2. The van der Waals surface area contributed by atoms with E-state index in [1.54, 1.807) is 16.8 Å². The molecule has 0 bridgehead atoms. The summed E-state index contributed by atoms with van der Waals surface area (Å²) >= 11 is 9.47. The second-order valence-corrected chi connectivity index (χ2v) is 5.84. The van der Waals surface area contributed by atoms with Gasteiger partial charge in [-0.05, 0) is 32.0 Å². The van der Waals surface area contributed by atoms with Crippen molar-refractivity contribution in [3.05, 3.63) is 50.5 Å². The fraction of sp³-hybridized carbons (Fsp3) is 0.357. The van der Waals surface area contributed by atoms with Gasteiger partial charge in [0.1, 0.15) is 5.82 Å². The first-order chi connectivity index (χ1) is 9.43. The molecule has 2 rings (SSSR count). The van der Waals surface area contributed by atoms with Crippen LogP contribution in [0.5, 0.6) is 0 Å². The van der Waals surface area contributed by atoms with Gasteiger partial charge in [0, 0.05) is 23.0 Å². The number of benzene rings is 1. The monoisotopic (exact) mass is 360 g/mol. The van der Waals surface area contributed by atoms with Crippen LogP contribution in [0.15, 0.2) is 22.7 Å². The van der Waals surface area contributed by atoms with Crippen LogP contribution in [0.3, 0.4) is 0 Å². The summed E-state index contributed by atoms with van der Waals surface area (Å²) in [5.41, 5.74) is 1.68. The fourth-order valence-corrected chi connectivity index (χ4v) is 2.72. The van der Waals surface area contributed by atoms with Gasteiger partial charge in [-0.25, -0.2) is 4.39 Å². The Morgan fingerprint density at radius 1 is 1.50 bits per heavy atom. The highest BCUT2D eigenvalue weighted by Gasteiger charge is 2.20. The second-order valence-electron chi connectivity index (χ2n) is 4.55. The lowest BCUT2D eigenvalue weighted by molar-refractivity contribution is 0.170. The second kappa shape index (κ2) is 6.24. The lowest BCUT2D eigenvalue weighted by Gasteiger charge is -2.13. The summed E-state index contributed by atoms with van der Waals surface area (Å²) in [6.45, 7) is 4.40. The minimum absolute atomic E-state index is 0.223. The largest absolute Gasteiger partial charge is 0.388 e. The first kappa shape index (κ1) is 15.5. The van der Waals surface area contributed by atoms with E-state index in [9.17, 15) is 9.50 Å². The fourth-order valence-electron chi connectivity index (χ4n) is 2.13. The number of hydrogen-bond acceptors (Lipinski definition) is 2. The molecular formula is C14H15BrClFN2O. The molecule has 1 N–H and O–H groups in total. The Morgan fingerprint density at radius 3 is 2.85 bits per heavy atom. The van der Waals surface area contributed by atoms with E-state index < -0.39 is 11.9 Å². The van der Waals surface area contributed by atoms with Crippen molar-refractivity contribution in [2.75, 3.05) is 0 Å². The van der Waals surface area contributed by atoms with Crippen molar-refractivity contribution in [1.82, 2.24) is 9.78 Å². The van der Waals surface area contributed by atoms with E-state index in [1.807, 2.05) is 13.8 Å². The number of aliphatic hydroxyl groups is 1. The molecule has 0 aliphatic rings. The van der Waals surface area contributed by atoms with Gasteiger partial charge in [0.15, 0.2) is 0 Å². The smallest absolute Gasteiger partial charge is 0.129 e. The van der Waals surface area contributed by atoms with Gasteiger partial charge in [-0.3, -0.25) is 4.68 Å². The standard InChI is InChI=1S/C14H15BrClFN2O/c1-3-19-12(14(16)8(2)18-19)7-13(20)10-6-9(15)4-5-11(10)17/h4-6,13,20H,3,7H2,1-2H3. The highest BCUT2D eigenvalue weighted by molar-refractivity contribution is 9.10. The molecule has 1 atom stereocenters. The summed E-state index contributed by atoms with van der Waals surface area (Å²) in [5, 5.41) is 15.1. The van der Waals surface area contributed by atoms with Crippen molar-refractivity contribution >= 4 is 27.5 Å². The van der Waals surface area contributed by atoms with Crippen LogP contribution < -0.4 is 0 Å². The molecule has 0 saturated carbocycles. The predicted octanol–water partition coefficient (Wildman–Crippen LogP) is 4.04. The third kappa shape index (κ3) is 3.05. The lowest BCUT2D eigenvalue weighted by atomic mass is 10.0. The van der Waals surface area contributed by atoms with Crippen LogP contribution in [0, 0.1) is 12.7 Å². The van der Waals surface area contributed by atoms with E-state index >= 15 is 0 Å². The zero-order valence-electron chi connectivity index (χ0n) is 11.2. The summed E-state index contributed by atoms with van der Waals surface area (Å²) in [4.78, 5) is 0. The predicted molar refractivity (Wildman–Crippen MR) is 80.4 cm³/mol. The number of rotatable bonds is 4. The van der Waals surface area contributed by atoms with Gasteiger partial charge in [-0.15, -0.1) is 0 Å². The lowest BCUT2D eigenvalue weighted by Crippen LogP contribution is -2.10. The van der Waals surface area contributed by atoms with Crippen LogP contribution in [0.2, 0.25) is 5.02 Å². The van der Waals surface area contributed by atoms with Gasteiger partial charge >= 0.3 is 0 Å². The Balaban J connectivity index is 2.32. The molecule has 0 aliphatic carbocycles. The minimum atomic E-state index is -0.966. The van der Waals surface area contributed by atoms with Crippen molar-refractivity contribution in [2.45, 2.75) is 32.9 Å². The van der Waals surface area contributed by atoms with E-state index in [4.69, 9.17) is 11.6 Å². The van der Waals surface area contributed by atoms with Crippen molar-refractivity contribution in [3.8, 4) is 0 Å². The molecular weight excluding hydrogens is 347 g/mol. The van der Waals surface area contributed by atoms with Gasteiger partial charge in [-0.2, -0.15) is 5.10 Å². The third-order valence-corrected chi connectivity index (χ3v) is 4.14. The molecule has 1 aromatic carbocycles. The average molecular weight is 362 g/mol. The van der Waals surface area contributed by atoms with Gasteiger partial charge in [0.05, 0.1) is 22.5 Å². The zero-order chi connectivity index (χ0) is 14.9. The summed E-state index contributed by atoms with van der Waals surface area (Å²) < 4.78 is 16.2. The van der Waals surface area contributed by atoms with Gasteiger partial charge in [0.2, 0.25) is 0 Å². The summed E-state index contributed by atoms with van der Waals surface area (Å²) in [7, 11) is 0. The minimum Gasteiger partial charge on any atom is -0.388 e. The van der Waals surface area contributed by atoms with Crippen LogP contribution in [0.4, 0.5) is 4.39 Å². The van der Waals surface area contributed by atoms with E-state index in [1.165, 1.54) is 6.07 Å². The first-order valence-corrected chi connectivity index (χ1v) is 7.46. The van der Waals surface area contributed by atoms with E-state index in [-0.39, 0.29) is 12.0 Å². The number of hydrogen-bond donors (Lipinski definition) is 1. The normalized spacial score (nSPS) is 12.7. The number of aromatic nitrogens is 2. The zero-order valence-corrected chi connectivity index (χ0v) is 13.5. The SMILES string of the molecule is CCn1nc(C)c(Cl)c1CC(O)c1cc(Br)ccc1F. The quantitative estimate of drug-likeness (QED) is 0.892. The molecule has 1 heterocycles. The molecule has 108 valence electrons. The highest BCUT2D eigenvalue weighted by Crippen LogP contribution is 2.28. The molecule has 1 unspecified atom stereocenters. The Hall–Kier alpha value is -0.910. The number of halogens is 3. The van der Waals surface area contributed by atoms with Crippen LogP contribution in [-0.2, 0) is 13.0 Å². The van der Waals surface area contributed by atoms with Crippen molar-refractivity contribution in [2.24, 2.45) is 0 Å². The first-order valence-electron chi connectivity index (χ1n) is 6.28. The maximum atomic E-state index is 13.8. The van der Waals surface area contributed by atoms with E-state index in [0.29, 0.717) is 17.3 Å². The Morgan fingerprint density at radius 2 is 2.20 bits per heavy atom. The molecule has 3 nitrogen and oxygen atoms in total. The van der Waals surface area contributed by atoms with E-state index in [2.05, 4.69) is 21.0 Å². The topological polar surface area (TPSA) is 38.0 Å². The van der Waals surface area contributed by atoms with Crippen LogP contribution in [0.1, 0.15) is 30.0 Å². The molecule has 0 aliphatic heterocycles. The summed E-state index contributed by atoms with van der Waals surface area (Å²) in [5.74, 6) is -0.434. The summed E-state index contributed by atoms with van der Waals surface area (Å²) in [6, 6.07) is 4.50. The van der Waals surface area contributed by atoms with Crippen molar-refractivity contribution in [3.63, 3.8) is 0 Å². The maximum Gasteiger partial charge on any atom is 0.129 e.